The van der Waals surface area contributed by atoms with Gasteiger partial charge in [-0.05, 0) is 45.3 Å². The molecule has 0 aliphatic heterocycles. The molecule has 2 nitrogen and oxygen atoms in total. The zero-order valence-electron chi connectivity index (χ0n) is 8.74. The maximum Gasteiger partial charge on any atom is 0.0464 e. The molecule has 0 amide bonds. The third-order valence-electron chi connectivity index (χ3n) is 2.04. The maximum absolute atomic E-state index is 8.87. The number of benzene rings is 1. The molecule has 0 heterocycles. The van der Waals surface area contributed by atoms with E-state index in [1.807, 2.05) is 30.8 Å². The summed E-state index contributed by atoms with van der Waals surface area (Å²) in [6, 6.07) is 6.03. The summed E-state index contributed by atoms with van der Waals surface area (Å²) in [5.41, 5.74) is 7.79. The Balaban J connectivity index is 2.41. The minimum Gasteiger partial charge on any atom is -0.398 e. The summed E-state index contributed by atoms with van der Waals surface area (Å²) in [5, 5.41) is 8.87. The highest BCUT2D eigenvalue weighted by atomic mass is 79.9. The van der Waals surface area contributed by atoms with Gasteiger partial charge in [-0.3, -0.25) is 0 Å². The molecular formula is C11H16BrNOS. The van der Waals surface area contributed by atoms with Gasteiger partial charge in [-0.25, -0.2) is 0 Å². The molecule has 1 unspecified atom stereocenters. The molecule has 15 heavy (non-hydrogen) atoms. The Kier molecular flexibility index (Phi) is 5.50. The molecule has 0 fully saturated rings. The highest BCUT2D eigenvalue weighted by Crippen LogP contribution is 2.23. The Morgan fingerprint density at radius 2 is 2.27 bits per heavy atom. The van der Waals surface area contributed by atoms with E-state index in [0.29, 0.717) is 5.92 Å². The minimum atomic E-state index is 0.259. The number of nitrogens with two attached hydrogens (primary N) is 1. The van der Waals surface area contributed by atoms with E-state index in [0.717, 1.165) is 21.7 Å². The molecule has 0 aliphatic rings. The van der Waals surface area contributed by atoms with Crippen LogP contribution in [0.3, 0.4) is 0 Å². The van der Waals surface area contributed by atoms with Crippen LogP contribution < -0.4 is 5.73 Å². The smallest absolute Gasteiger partial charge is 0.0464 e. The summed E-state index contributed by atoms with van der Waals surface area (Å²) in [5.74, 6) is 2.29. The van der Waals surface area contributed by atoms with Gasteiger partial charge in [0.1, 0.15) is 0 Å². The molecule has 1 aromatic carbocycles. The predicted molar refractivity (Wildman–Crippen MR) is 71.0 cm³/mol. The van der Waals surface area contributed by atoms with Crippen LogP contribution in [0.5, 0.6) is 0 Å². The Morgan fingerprint density at radius 3 is 2.87 bits per heavy atom. The molecule has 3 N–H and O–H groups in total. The van der Waals surface area contributed by atoms with E-state index in [9.17, 15) is 0 Å². The first-order chi connectivity index (χ1) is 7.13. The van der Waals surface area contributed by atoms with Crippen molar-refractivity contribution in [1.29, 1.82) is 0 Å². The van der Waals surface area contributed by atoms with Gasteiger partial charge < -0.3 is 10.8 Å². The van der Waals surface area contributed by atoms with E-state index in [4.69, 9.17) is 10.8 Å². The second-order valence-electron chi connectivity index (χ2n) is 3.66. The number of thioether (sulfide) groups is 1. The Hall–Kier alpha value is -0.190. The average molecular weight is 290 g/mol. The third-order valence-corrected chi connectivity index (χ3v) is 4.11. The summed E-state index contributed by atoms with van der Waals surface area (Å²) < 4.78 is 0.944. The molecule has 1 aromatic rings. The summed E-state index contributed by atoms with van der Waals surface area (Å²) in [6.07, 6.45) is 0. The molecular weight excluding hydrogens is 274 g/mol. The Labute approximate surface area is 103 Å². The molecule has 0 saturated heterocycles. The Morgan fingerprint density at radius 1 is 1.53 bits per heavy atom. The molecule has 0 bridgehead atoms. The Bertz CT molecular complexity index is 319. The number of rotatable bonds is 5. The van der Waals surface area contributed by atoms with E-state index in [1.54, 1.807) is 0 Å². The fraction of sp³-hybridized carbons (Fsp3) is 0.455. The van der Waals surface area contributed by atoms with E-state index >= 15 is 0 Å². The van der Waals surface area contributed by atoms with Gasteiger partial charge >= 0.3 is 0 Å². The summed E-state index contributed by atoms with van der Waals surface area (Å²) in [7, 11) is 0. The quantitative estimate of drug-likeness (QED) is 0.820. The van der Waals surface area contributed by atoms with Crippen molar-refractivity contribution in [3.05, 3.63) is 28.2 Å². The van der Waals surface area contributed by atoms with Crippen molar-refractivity contribution in [3.63, 3.8) is 0 Å². The van der Waals surface area contributed by atoms with Crippen molar-refractivity contribution in [2.24, 2.45) is 5.92 Å². The van der Waals surface area contributed by atoms with E-state index in [-0.39, 0.29) is 6.61 Å². The van der Waals surface area contributed by atoms with Crippen molar-refractivity contribution in [1.82, 2.24) is 0 Å². The number of aliphatic hydroxyl groups excluding tert-OH is 1. The van der Waals surface area contributed by atoms with Gasteiger partial charge in [0.15, 0.2) is 0 Å². The third kappa shape index (κ3) is 4.45. The topological polar surface area (TPSA) is 46.2 Å². The van der Waals surface area contributed by atoms with Crippen molar-refractivity contribution in [2.45, 2.75) is 12.7 Å². The van der Waals surface area contributed by atoms with Crippen molar-refractivity contribution in [3.8, 4) is 0 Å². The van der Waals surface area contributed by atoms with Crippen molar-refractivity contribution >= 4 is 33.4 Å². The van der Waals surface area contributed by atoms with Gasteiger partial charge in [-0.15, -0.1) is 0 Å². The zero-order chi connectivity index (χ0) is 11.3. The van der Waals surface area contributed by atoms with Crippen LogP contribution in [0.15, 0.2) is 22.7 Å². The normalized spacial score (nSPS) is 12.7. The van der Waals surface area contributed by atoms with Gasteiger partial charge in [0.25, 0.3) is 0 Å². The van der Waals surface area contributed by atoms with Gasteiger partial charge in [-0.2, -0.15) is 11.8 Å². The van der Waals surface area contributed by atoms with E-state index in [1.165, 1.54) is 5.56 Å². The molecule has 4 heteroatoms. The molecule has 0 aliphatic carbocycles. The average Bonchev–Trinajstić information content (AvgIpc) is 2.23. The number of hydrogen-bond acceptors (Lipinski definition) is 3. The number of halogens is 1. The second-order valence-corrected chi connectivity index (χ2v) is 5.54. The lowest BCUT2D eigenvalue weighted by Crippen LogP contribution is -2.03. The minimum absolute atomic E-state index is 0.259. The number of anilines is 1. The van der Waals surface area contributed by atoms with Gasteiger partial charge in [0.05, 0.1) is 0 Å². The van der Waals surface area contributed by atoms with Crippen molar-refractivity contribution < 1.29 is 5.11 Å². The fourth-order valence-electron chi connectivity index (χ4n) is 1.11. The van der Waals surface area contributed by atoms with Crippen LogP contribution in [0.25, 0.3) is 0 Å². The van der Waals surface area contributed by atoms with Crippen LogP contribution in [0.2, 0.25) is 0 Å². The van der Waals surface area contributed by atoms with E-state index < -0.39 is 0 Å². The first-order valence-electron chi connectivity index (χ1n) is 4.86. The molecule has 0 spiro atoms. The second kappa shape index (κ2) is 6.40. The zero-order valence-corrected chi connectivity index (χ0v) is 11.1. The highest BCUT2D eigenvalue weighted by molar-refractivity contribution is 9.10. The number of aliphatic hydroxyl groups is 1. The molecule has 0 radical (unpaired) electrons. The van der Waals surface area contributed by atoms with Crippen LogP contribution in [-0.4, -0.2) is 17.5 Å². The number of nitrogen functional groups attached to an aromatic ring is 1. The maximum atomic E-state index is 8.87. The monoisotopic (exact) mass is 289 g/mol. The largest absolute Gasteiger partial charge is 0.398 e. The van der Waals surface area contributed by atoms with E-state index in [2.05, 4.69) is 22.0 Å². The highest BCUT2D eigenvalue weighted by Gasteiger charge is 2.02. The summed E-state index contributed by atoms with van der Waals surface area (Å²) in [4.78, 5) is 0. The molecule has 0 saturated carbocycles. The first kappa shape index (κ1) is 12.9. The van der Waals surface area contributed by atoms with Gasteiger partial charge in [-0.1, -0.05) is 13.0 Å². The van der Waals surface area contributed by atoms with Crippen LogP contribution >= 0.6 is 27.7 Å². The van der Waals surface area contributed by atoms with Crippen LogP contribution in [-0.2, 0) is 5.75 Å². The lowest BCUT2D eigenvalue weighted by Gasteiger charge is -2.08. The number of hydrogen-bond donors (Lipinski definition) is 2. The predicted octanol–water partition coefficient (Wildman–Crippen LogP) is 2.89. The fourth-order valence-corrected chi connectivity index (χ4v) is 2.40. The lowest BCUT2D eigenvalue weighted by molar-refractivity contribution is 0.250. The van der Waals surface area contributed by atoms with Crippen LogP contribution in [0.1, 0.15) is 12.5 Å². The molecule has 0 aromatic heterocycles. The lowest BCUT2D eigenvalue weighted by atomic mass is 10.2. The first-order valence-corrected chi connectivity index (χ1v) is 6.80. The standard InChI is InChI=1S/C11H16BrNOS/c1-8(5-14)6-15-7-9-2-3-10(12)11(13)4-9/h2-4,8,14H,5-7,13H2,1H3. The van der Waals surface area contributed by atoms with Crippen LogP contribution in [0, 0.1) is 5.92 Å². The molecule has 84 valence electrons. The molecule has 1 rings (SSSR count). The SMILES string of the molecule is CC(CO)CSCc1ccc(Br)c(N)c1. The van der Waals surface area contributed by atoms with Crippen molar-refractivity contribution in [2.75, 3.05) is 18.1 Å². The van der Waals surface area contributed by atoms with Gasteiger partial charge in [0.2, 0.25) is 0 Å². The van der Waals surface area contributed by atoms with Gasteiger partial charge in [0, 0.05) is 22.5 Å². The summed E-state index contributed by atoms with van der Waals surface area (Å²) in [6.45, 7) is 2.30. The summed E-state index contributed by atoms with van der Waals surface area (Å²) >= 11 is 5.19. The van der Waals surface area contributed by atoms with Crippen LogP contribution in [0.4, 0.5) is 5.69 Å². The molecule has 1 atom stereocenters.